The van der Waals surface area contributed by atoms with Crippen LogP contribution in [-0.4, -0.2) is 38.5 Å². The SMILES string of the molecule is CCC(C(=O)O)N1C(=O)/C(=C\c2ccc(C=O)cc2)SC1=S. The number of thiocarbonyl (C=S) groups is 1. The largest absolute Gasteiger partial charge is 0.480 e. The van der Waals surface area contributed by atoms with E-state index in [1.807, 2.05) is 0 Å². The summed E-state index contributed by atoms with van der Waals surface area (Å²) in [6.07, 6.45) is 2.66. The van der Waals surface area contributed by atoms with Crippen LogP contribution in [0.1, 0.15) is 29.3 Å². The lowest BCUT2D eigenvalue weighted by Gasteiger charge is -2.21. The topological polar surface area (TPSA) is 74.7 Å². The van der Waals surface area contributed by atoms with E-state index in [2.05, 4.69) is 0 Å². The fraction of sp³-hybridized carbons (Fsp3) is 0.200. The van der Waals surface area contributed by atoms with Crippen LogP contribution >= 0.6 is 24.0 Å². The Hall–Kier alpha value is -1.99. The molecule has 1 aliphatic heterocycles. The number of carboxylic acid groups (broad SMARTS) is 1. The molecule has 0 saturated carbocycles. The Labute approximate surface area is 137 Å². The number of carbonyl (C=O) groups is 3. The lowest BCUT2D eigenvalue weighted by molar-refractivity contribution is -0.145. The van der Waals surface area contributed by atoms with E-state index in [4.69, 9.17) is 12.2 Å². The predicted molar refractivity (Wildman–Crippen MR) is 88.6 cm³/mol. The molecule has 5 nitrogen and oxygen atoms in total. The lowest BCUT2D eigenvalue weighted by Crippen LogP contribution is -2.43. The highest BCUT2D eigenvalue weighted by atomic mass is 32.2. The molecule has 0 radical (unpaired) electrons. The van der Waals surface area contributed by atoms with Gasteiger partial charge in [-0.05, 0) is 18.1 Å². The number of amides is 1. The normalized spacial score (nSPS) is 17.9. The molecule has 1 aromatic rings. The molecule has 0 bridgehead atoms. The van der Waals surface area contributed by atoms with Crippen LogP contribution in [0.4, 0.5) is 0 Å². The third kappa shape index (κ3) is 3.26. The number of carboxylic acids is 1. The summed E-state index contributed by atoms with van der Waals surface area (Å²) in [5.41, 5.74) is 1.29. The summed E-state index contributed by atoms with van der Waals surface area (Å²) < 4.78 is 0.245. The summed E-state index contributed by atoms with van der Waals surface area (Å²) in [5.74, 6) is -1.47. The molecule has 7 heteroatoms. The molecule has 2 rings (SSSR count). The Morgan fingerprint density at radius 1 is 1.36 bits per heavy atom. The molecule has 1 atom stereocenters. The number of hydrogen-bond acceptors (Lipinski definition) is 5. The van der Waals surface area contributed by atoms with Crippen LogP contribution in [-0.2, 0) is 9.59 Å². The molecule has 0 aliphatic carbocycles. The van der Waals surface area contributed by atoms with E-state index in [9.17, 15) is 19.5 Å². The van der Waals surface area contributed by atoms with Crippen LogP contribution in [0.25, 0.3) is 6.08 Å². The fourth-order valence-corrected chi connectivity index (χ4v) is 3.40. The highest BCUT2D eigenvalue weighted by molar-refractivity contribution is 8.26. The third-order valence-corrected chi connectivity index (χ3v) is 4.51. The molecule has 1 aliphatic rings. The molecule has 1 unspecified atom stereocenters. The Kier molecular flexibility index (Phi) is 5.10. The average molecular weight is 335 g/mol. The third-order valence-electron chi connectivity index (χ3n) is 3.18. The second-order valence-corrected chi connectivity index (χ2v) is 6.27. The Morgan fingerprint density at radius 3 is 2.45 bits per heavy atom. The molecule has 1 N–H and O–H groups in total. The highest BCUT2D eigenvalue weighted by Crippen LogP contribution is 2.34. The summed E-state index contributed by atoms with van der Waals surface area (Å²) in [6.45, 7) is 1.69. The van der Waals surface area contributed by atoms with E-state index in [-0.39, 0.29) is 10.7 Å². The standard InChI is InChI=1S/C15H13NO4S2/c1-2-11(14(19)20)16-13(18)12(22-15(16)21)7-9-3-5-10(8-17)6-4-9/h3-8,11H,2H2,1H3,(H,19,20)/b12-7+. The van der Waals surface area contributed by atoms with Gasteiger partial charge in [0.1, 0.15) is 16.6 Å². The van der Waals surface area contributed by atoms with Crippen molar-refractivity contribution >= 4 is 52.5 Å². The van der Waals surface area contributed by atoms with Crippen LogP contribution in [0.5, 0.6) is 0 Å². The summed E-state index contributed by atoms with van der Waals surface area (Å²) in [5, 5.41) is 9.19. The van der Waals surface area contributed by atoms with Gasteiger partial charge in [0.05, 0.1) is 4.91 Å². The molecular weight excluding hydrogens is 322 g/mol. The first-order chi connectivity index (χ1) is 10.5. The maximum atomic E-state index is 12.4. The minimum atomic E-state index is -1.07. The molecule has 114 valence electrons. The fourth-order valence-electron chi connectivity index (χ4n) is 2.04. The molecule has 1 amide bonds. The van der Waals surface area contributed by atoms with E-state index < -0.39 is 17.9 Å². The lowest BCUT2D eigenvalue weighted by atomic mass is 10.1. The zero-order chi connectivity index (χ0) is 16.3. The molecule has 0 aromatic heterocycles. The van der Waals surface area contributed by atoms with Gasteiger partial charge in [0.15, 0.2) is 0 Å². The molecule has 0 spiro atoms. The van der Waals surface area contributed by atoms with E-state index >= 15 is 0 Å². The van der Waals surface area contributed by atoms with Crippen molar-refractivity contribution in [2.45, 2.75) is 19.4 Å². The monoisotopic (exact) mass is 335 g/mol. The minimum absolute atomic E-state index is 0.245. The van der Waals surface area contributed by atoms with E-state index in [1.54, 1.807) is 37.3 Å². The van der Waals surface area contributed by atoms with Crippen molar-refractivity contribution in [3.05, 3.63) is 40.3 Å². The van der Waals surface area contributed by atoms with Crippen LogP contribution in [0.3, 0.4) is 0 Å². The Morgan fingerprint density at radius 2 is 1.95 bits per heavy atom. The average Bonchev–Trinajstić information content (AvgIpc) is 2.76. The van der Waals surface area contributed by atoms with E-state index in [0.29, 0.717) is 10.5 Å². The summed E-state index contributed by atoms with van der Waals surface area (Å²) in [7, 11) is 0. The second-order valence-electron chi connectivity index (χ2n) is 4.60. The van der Waals surface area contributed by atoms with Crippen molar-refractivity contribution in [3.63, 3.8) is 0 Å². The first-order valence-corrected chi connectivity index (χ1v) is 7.75. The van der Waals surface area contributed by atoms with Gasteiger partial charge in [-0.2, -0.15) is 0 Å². The number of rotatable bonds is 5. The number of aldehydes is 1. The van der Waals surface area contributed by atoms with Crippen LogP contribution < -0.4 is 0 Å². The smallest absolute Gasteiger partial charge is 0.326 e. The highest BCUT2D eigenvalue weighted by Gasteiger charge is 2.39. The van der Waals surface area contributed by atoms with Crippen LogP contribution in [0, 0.1) is 0 Å². The molecule has 1 aromatic carbocycles. The van der Waals surface area contributed by atoms with E-state index in [1.165, 1.54) is 0 Å². The molecule has 1 fully saturated rings. The summed E-state index contributed by atoms with van der Waals surface area (Å²) in [6, 6.07) is 5.77. The number of hydrogen-bond donors (Lipinski definition) is 1. The summed E-state index contributed by atoms with van der Waals surface area (Å²) >= 11 is 6.21. The Bertz CT molecular complexity index is 667. The van der Waals surface area contributed by atoms with Crippen molar-refractivity contribution in [1.29, 1.82) is 0 Å². The van der Waals surface area contributed by atoms with Crippen molar-refractivity contribution < 1.29 is 19.5 Å². The molecule has 22 heavy (non-hydrogen) atoms. The van der Waals surface area contributed by atoms with Gasteiger partial charge < -0.3 is 5.11 Å². The number of nitrogens with zero attached hydrogens (tertiary/aromatic N) is 1. The van der Waals surface area contributed by atoms with Crippen LogP contribution in [0.15, 0.2) is 29.2 Å². The van der Waals surface area contributed by atoms with Crippen molar-refractivity contribution in [3.8, 4) is 0 Å². The van der Waals surface area contributed by atoms with Gasteiger partial charge in [-0.1, -0.05) is 55.2 Å². The Balaban J connectivity index is 2.28. The quantitative estimate of drug-likeness (QED) is 0.506. The first kappa shape index (κ1) is 16.4. The number of aliphatic carboxylic acids is 1. The maximum absolute atomic E-state index is 12.4. The zero-order valence-corrected chi connectivity index (χ0v) is 13.3. The van der Waals surface area contributed by atoms with E-state index in [0.717, 1.165) is 28.5 Å². The number of carbonyl (C=O) groups excluding carboxylic acids is 2. The summed E-state index contributed by atoms with van der Waals surface area (Å²) in [4.78, 5) is 35.8. The van der Waals surface area contributed by atoms with Crippen molar-refractivity contribution in [2.75, 3.05) is 0 Å². The minimum Gasteiger partial charge on any atom is -0.480 e. The van der Waals surface area contributed by atoms with Crippen molar-refractivity contribution in [2.24, 2.45) is 0 Å². The number of benzene rings is 1. The van der Waals surface area contributed by atoms with Crippen molar-refractivity contribution in [1.82, 2.24) is 4.90 Å². The van der Waals surface area contributed by atoms with Gasteiger partial charge in [0.2, 0.25) is 0 Å². The first-order valence-electron chi connectivity index (χ1n) is 6.53. The van der Waals surface area contributed by atoms with Gasteiger partial charge >= 0.3 is 5.97 Å². The zero-order valence-electron chi connectivity index (χ0n) is 11.7. The van der Waals surface area contributed by atoms with Gasteiger partial charge in [-0.3, -0.25) is 14.5 Å². The number of thioether (sulfide) groups is 1. The van der Waals surface area contributed by atoms with Gasteiger partial charge in [-0.25, -0.2) is 4.79 Å². The predicted octanol–water partition coefficient (Wildman–Crippen LogP) is 2.56. The molecule has 1 saturated heterocycles. The molecule has 1 heterocycles. The van der Waals surface area contributed by atoms with Gasteiger partial charge in [-0.15, -0.1) is 0 Å². The maximum Gasteiger partial charge on any atom is 0.326 e. The van der Waals surface area contributed by atoms with Gasteiger partial charge in [0, 0.05) is 5.56 Å². The van der Waals surface area contributed by atoms with Crippen LogP contribution in [0.2, 0.25) is 0 Å². The van der Waals surface area contributed by atoms with Gasteiger partial charge in [0.25, 0.3) is 5.91 Å². The molecular formula is C15H13NO4S2. The second kappa shape index (κ2) is 6.85.